The third-order valence-electron chi connectivity index (χ3n) is 3.93. The highest BCUT2D eigenvalue weighted by atomic mass is 32.2. The van der Waals surface area contributed by atoms with Crippen molar-refractivity contribution in [2.45, 2.75) is 19.8 Å². The molecule has 0 aliphatic carbocycles. The molecule has 26 heavy (non-hydrogen) atoms. The van der Waals surface area contributed by atoms with Crippen LogP contribution in [0.5, 0.6) is 5.75 Å². The molecule has 0 amide bonds. The number of dihydropyridines is 1. The van der Waals surface area contributed by atoms with Gasteiger partial charge in [0.25, 0.3) is 0 Å². The van der Waals surface area contributed by atoms with Crippen LogP contribution in [-0.4, -0.2) is 25.4 Å². The van der Waals surface area contributed by atoms with Gasteiger partial charge >= 0.3 is 5.97 Å². The summed E-state index contributed by atoms with van der Waals surface area (Å²) in [6, 6.07) is 9.70. The van der Waals surface area contributed by atoms with Crippen molar-refractivity contribution in [2.75, 3.05) is 19.5 Å². The molecule has 0 fully saturated rings. The number of ether oxygens (including phenoxy) is 2. The molecule has 5 nitrogen and oxygen atoms in total. The van der Waals surface area contributed by atoms with Crippen LogP contribution in [-0.2, 0) is 9.53 Å². The Hall–Kier alpha value is -2.65. The molecule has 0 saturated heterocycles. The van der Waals surface area contributed by atoms with E-state index in [2.05, 4.69) is 18.0 Å². The number of nitriles is 1. The van der Waals surface area contributed by atoms with Crippen LogP contribution < -0.4 is 10.1 Å². The van der Waals surface area contributed by atoms with Gasteiger partial charge in [-0.1, -0.05) is 24.8 Å². The maximum Gasteiger partial charge on any atom is 0.337 e. The van der Waals surface area contributed by atoms with Crippen molar-refractivity contribution >= 4 is 17.7 Å². The predicted molar refractivity (Wildman–Crippen MR) is 103 cm³/mol. The minimum absolute atomic E-state index is 0.118. The number of carbonyl (C=O) groups excluding carboxylic acids is 1. The highest BCUT2D eigenvalue weighted by Crippen LogP contribution is 2.40. The molecule has 0 spiro atoms. The summed E-state index contributed by atoms with van der Waals surface area (Å²) >= 11 is 1.44. The molecule has 0 saturated carbocycles. The average molecular weight is 370 g/mol. The van der Waals surface area contributed by atoms with Crippen LogP contribution in [0.4, 0.5) is 0 Å². The monoisotopic (exact) mass is 370 g/mol. The van der Waals surface area contributed by atoms with Gasteiger partial charge in [0.1, 0.15) is 12.4 Å². The van der Waals surface area contributed by atoms with E-state index in [4.69, 9.17) is 9.47 Å². The second-order valence-corrected chi connectivity index (χ2v) is 6.36. The van der Waals surface area contributed by atoms with Gasteiger partial charge in [-0.3, -0.25) is 0 Å². The number of rotatable bonds is 7. The molecule has 0 aromatic heterocycles. The van der Waals surface area contributed by atoms with Gasteiger partial charge in [-0.15, -0.1) is 11.8 Å². The molecule has 0 radical (unpaired) electrons. The highest BCUT2D eigenvalue weighted by molar-refractivity contribution is 8.02. The zero-order chi connectivity index (χ0) is 19.1. The summed E-state index contributed by atoms with van der Waals surface area (Å²) < 4.78 is 10.7. The van der Waals surface area contributed by atoms with Crippen molar-refractivity contribution in [1.29, 1.82) is 5.26 Å². The van der Waals surface area contributed by atoms with Gasteiger partial charge in [0.2, 0.25) is 0 Å². The number of thioether (sulfide) groups is 1. The fourth-order valence-electron chi connectivity index (χ4n) is 2.81. The number of hydrogen-bond acceptors (Lipinski definition) is 6. The van der Waals surface area contributed by atoms with E-state index < -0.39 is 11.9 Å². The van der Waals surface area contributed by atoms with Gasteiger partial charge in [-0.2, -0.15) is 5.26 Å². The van der Waals surface area contributed by atoms with Crippen molar-refractivity contribution in [2.24, 2.45) is 0 Å². The van der Waals surface area contributed by atoms with Crippen LogP contribution in [0, 0.1) is 11.3 Å². The number of allylic oxidation sites excluding steroid dienone is 2. The van der Waals surface area contributed by atoms with Crippen molar-refractivity contribution in [1.82, 2.24) is 5.32 Å². The lowest BCUT2D eigenvalue weighted by molar-refractivity contribution is -0.138. The summed E-state index contributed by atoms with van der Waals surface area (Å²) in [5, 5.41) is 13.6. The number of nitrogens with zero attached hydrogens (tertiary/aromatic N) is 1. The Morgan fingerprint density at radius 2 is 2.12 bits per heavy atom. The van der Waals surface area contributed by atoms with Crippen LogP contribution in [0.25, 0.3) is 0 Å². The van der Waals surface area contributed by atoms with Crippen molar-refractivity contribution in [3.8, 4) is 11.8 Å². The number of carbonyl (C=O) groups is 1. The van der Waals surface area contributed by atoms with Crippen LogP contribution in [0.15, 0.2) is 58.8 Å². The Morgan fingerprint density at radius 3 is 2.65 bits per heavy atom. The van der Waals surface area contributed by atoms with Gasteiger partial charge in [-0.05, 0) is 37.8 Å². The quantitative estimate of drug-likeness (QED) is 0.580. The Kier molecular flexibility index (Phi) is 6.93. The summed E-state index contributed by atoms with van der Waals surface area (Å²) in [5.41, 5.74) is 2.45. The molecule has 1 aromatic rings. The lowest BCUT2D eigenvalue weighted by Crippen LogP contribution is -2.28. The smallest absolute Gasteiger partial charge is 0.337 e. The summed E-state index contributed by atoms with van der Waals surface area (Å²) in [6.07, 6.45) is 3.41. The summed E-state index contributed by atoms with van der Waals surface area (Å²) in [6.45, 7) is 8.00. The molecule has 1 aliphatic rings. The fraction of sp³-hybridized carbons (Fsp3) is 0.300. The third kappa shape index (κ3) is 4.12. The van der Waals surface area contributed by atoms with E-state index in [0.29, 0.717) is 23.5 Å². The lowest BCUT2D eigenvalue weighted by Gasteiger charge is -2.29. The molecule has 136 valence electrons. The van der Waals surface area contributed by atoms with Gasteiger partial charge < -0.3 is 14.8 Å². The highest BCUT2D eigenvalue weighted by Gasteiger charge is 2.35. The van der Waals surface area contributed by atoms with Gasteiger partial charge in [-0.25, -0.2) is 4.79 Å². The molecule has 1 N–H and O–H groups in total. The maximum atomic E-state index is 12.6. The topological polar surface area (TPSA) is 71.3 Å². The predicted octanol–water partition coefficient (Wildman–Crippen LogP) is 3.87. The molecular formula is C20H22N2O3S. The van der Waals surface area contributed by atoms with Crippen LogP contribution >= 0.6 is 11.8 Å². The zero-order valence-electron chi connectivity index (χ0n) is 15.2. The Morgan fingerprint density at radius 1 is 1.42 bits per heavy atom. The normalized spacial score (nSPS) is 16.6. The molecule has 0 bridgehead atoms. The third-order valence-corrected chi connectivity index (χ3v) is 4.66. The molecule has 2 rings (SSSR count). The second kappa shape index (κ2) is 9.16. The van der Waals surface area contributed by atoms with E-state index in [1.165, 1.54) is 17.8 Å². The minimum atomic E-state index is -0.489. The lowest BCUT2D eigenvalue weighted by atomic mass is 9.82. The Balaban J connectivity index is 2.53. The first-order valence-electron chi connectivity index (χ1n) is 8.24. The van der Waals surface area contributed by atoms with Crippen LogP contribution in [0.1, 0.15) is 25.3 Å². The van der Waals surface area contributed by atoms with Gasteiger partial charge in [0, 0.05) is 5.70 Å². The fourth-order valence-corrected chi connectivity index (χ4v) is 3.45. The van der Waals surface area contributed by atoms with E-state index in [1.807, 2.05) is 44.4 Å². The number of benzene rings is 1. The summed E-state index contributed by atoms with van der Waals surface area (Å²) in [7, 11) is 0. The molecule has 0 unspecified atom stereocenters. The first-order chi connectivity index (χ1) is 12.6. The van der Waals surface area contributed by atoms with E-state index in [9.17, 15) is 10.1 Å². The second-order valence-electron chi connectivity index (χ2n) is 5.54. The first kappa shape index (κ1) is 19.7. The largest absolute Gasteiger partial charge is 0.494 e. The number of esters is 1. The first-order valence-corrected chi connectivity index (χ1v) is 9.46. The molecule has 1 atom stereocenters. The molecular weight excluding hydrogens is 348 g/mol. The van der Waals surface area contributed by atoms with Crippen molar-refractivity contribution in [3.63, 3.8) is 0 Å². The molecule has 1 aliphatic heterocycles. The summed E-state index contributed by atoms with van der Waals surface area (Å²) in [5.74, 6) is -0.201. The van der Waals surface area contributed by atoms with Crippen molar-refractivity contribution < 1.29 is 14.3 Å². The SMILES string of the molecule is C=CCOC(=O)C1=C(C)NC(SC)=C(C#N)[C@@H]1c1ccc(OCC)cc1. The molecule has 6 heteroatoms. The van der Waals surface area contributed by atoms with Crippen LogP contribution in [0.2, 0.25) is 0 Å². The molecule has 1 aromatic carbocycles. The van der Waals surface area contributed by atoms with E-state index >= 15 is 0 Å². The summed E-state index contributed by atoms with van der Waals surface area (Å²) in [4.78, 5) is 12.6. The van der Waals surface area contributed by atoms with Gasteiger partial charge in [0.15, 0.2) is 0 Å². The number of hydrogen-bond donors (Lipinski definition) is 1. The van der Waals surface area contributed by atoms with E-state index in [1.54, 1.807) is 0 Å². The minimum Gasteiger partial charge on any atom is -0.494 e. The zero-order valence-corrected chi connectivity index (χ0v) is 16.0. The molecule has 1 heterocycles. The van der Waals surface area contributed by atoms with E-state index in [-0.39, 0.29) is 6.61 Å². The maximum absolute atomic E-state index is 12.6. The average Bonchev–Trinajstić information content (AvgIpc) is 2.66. The Bertz CT molecular complexity index is 788. The standard InChI is InChI=1S/C20H22N2O3S/c1-5-11-25-20(23)17-13(3)22-19(26-4)16(12-21)18(17)14-7-9-15(10-8-14)24-6-2/h5,7-10,18,22H,1,6,11H2,2-4H3/t18-/m0/s1. The Labute approximate surface area is 158 Å². The van der Waals surface area contributed by atoms with Crippen LogP contribution in [0.3, 0.4) is 0 Å². The van der Waals surface area contributed by atoms with E-state index in [0.717, 1.165) is 16.3 Å². The number of nitrogens with one attached hydrogen (secondary N) is 1. The van der Waals surface area contributed by atoms with Gasteiger partial charge in [0.05, 0.1) is 34.8 Å². The van der Waals surface area contributed by atoms with Crippen molar-refractivity contribution in [3.05, 3.63) is 64.4 Å².